The lowest BCUT2D eigenvalue weighted by molar-refractivity contribution is 1.29. The number of rotatable bonds is 7. The number of nitrogens with zero attached hydrogens (tertiary/aromatic N) is 1. The van der Waals surface area contributed by atoms with E-state index < -0.39 is 0 Å². The summed E-state index contributed by atoms with van der Waals surface area (Å²) in [6.45, 7) is 8.08. The Hall–Kier alpha value is -6.18. The van der Waals surface area contributed by atoms with Gasteiger partial charge in [0.2, 0.25) is 0 Å². The first-order valence-corrected chi connectivity index (χ1v) is 16.0. The normalized spacial score (nSPS) is 11.1. The first kappa shape index (κ1) is 28.3. The maximum absolute atomic E-state index is 4.08. The van der Waals surface area contributed by atoms with Gasteiger partial charge in [-0.25, -0.2) is 0 Å². The van der Waals surface area contributed by atoms with Gasteiger partial charge in [-0.1, -0.05) is 147 Å². The Labute approximate surface area is 276 Å². The molecule has 0 aliphatic carbocycles. The van der Waals surface area contributed by atoms with Gasteiger partial charge in [-0.15, -0.1) is 0 Å². The molecule has 8 rings (SSSR count). The molecule has 222 valence electrons. The smallest absolute Gasteiger partial charge is 0.0468 e. The summed E-state index contributed by atoms with van der Waals surface area (Å²) >= 11 is 0. The Morgan fingerprint density at radius 3 is 1.62 bits per heavy atom. The quantitative estimate of drug-likeness (QED) is 0.165. The second-order valence-electron chi connectivity index (χ2n) is 11.9. The van der Waals surface area contributed by atoms with E-state index in [9.17, 15) is 0 Å². The third-order valence-electron chi connectivity index (χ3n) is 9.20. The van der Waals surface area contributed by atoms with E-state index in [1.54, 1.807) is 0 Å². The fourth-order valence-electron chi connectivity index (χ4n) is 6.78. The van der Waals surface area contributed by atoms with Gasteiger partial charge < -0.3 is 4.90 Å². The van der Waals surface area contributed by atoms with Crippen LogP contribution in [0.5, 0.6) is 0 Å². The molecule has 8 aromatic carbocycles. The molecule has 0 saturated carbocycles. The van der Waals surface area contributed by atoms with E-state index in [2.05, 4.69) is 182 Å². The molecular formula is C46H33N. The van der Waals surface area contributed by atoms with E-state index in [4.69, 9.17) is 0 Å². The van der Waals surface area contributed by atoms with Gasteiger partial charge in [0, 0.05) is 17.1 Å². The van der Waals surface area contributed by atoms with Crippen molar-refractivity contribution >= 4 is 61.5 Å². The first-order valence-electron chi connectivity index (χ1n) is 16.0. The van der Waals surface area contributed by atoms with Crippen LogP contribution in [0.25, 0.3) is 66.7 Å². The lowest BCUT2D eigenvalue weighted by Crippen LogP contribution is -2.10. The molecule has 0 radical (unpaired) electrons. The Kier molecular flexibility index (Phi) is 7.21. The van der Waals surface area contributed by atoms with Crippen molar-refractivity contribution in [2.45, 2.75) is 0 Å². The van der Waals surface area contributed by atoms with Crippen molar-refractivity contribution in [1.82, 2.24) is 0 Å². The molecule has 0 atom stereocenters. The van der Waals surface area contributed by atoms with Gasteiger partial charge in [0.25, 0.3) is 0 Å². The topological polar surface area (TPSA) is 3.24 Å². The minimum atomic E-state index is 1.09. The number of anilines is 3. The van der Waals surface area contributed by atoms with Crippen LogP contribution in [0, 0.1) is 0 Å². The van der Waals surface area contributed by atoms with Gasteiger partial charge in [-0.3, -0.25) is 0 Å². The molecule has 0 aliphatic rings. The summed E-state index contributed by atoms with van der Waals surface area (Å²) in [4.78, 5) is 2.33. The molecule has 0 spiro atoms. The summed E-state index contributed by atoms with van der Waals surface area (Å²) in [5.41, 5.74) is 10.3. The Bertz CT molecular complexity index is 2420. The maximum Gasteiger partial charge on any atom is 0.0468 e. The number of hydrogen-bond acceptors (Lipinski definition) is 1. The van der Waals surface area contributed by atoms with Crippen molar-refractivity contribution in [3.05, 3.63) is 188 Å². The predicted octanol–water partition coefficient (Wildman–Crippen LogP) is 13.2. The van der Waals surface area contributed by atoms with E-state index in [1.807, 2.05) is 12.2 Å². The fourth-order valence-corrected chi connectivity index (χ4v) is 6.78. The molecule has 0 aromatic heterocycles. The minimum Gasteiger partial charge on any atom is -0.310 e. The number of hydrogen-bond donors (Lipinski definition) is 0. The fraction of sp³-hybridized carbons (Fsp3) is 0. The highest BCUT2D eigenvalue weighted by atomic mass is 15.1. The largest absolute Gasteiger partial charge is 0.310 e. The zero-order valence-corrected chi connectivity index (χ0v) is 26.1. The molecule has 0 aliphatic heterocycles. The van der Waals surface area contributed by atoms with Crippen molar-refractivity contribution in [3.8, 4) is 22.3 Å². The van der Waals surface area contributed by atoms with Gasteiger partial charge >= 0.3 is 0 Å². The summed E-state index contributed by atoms with van der Waals surface area (Å²) in [6, 6.07) is 59.1. The molecule has 0 fully saturated rings. The van der Waals surface area contributed by atoms with E-state index in [1.165, 1.54) is 49.2 Å². The summed E-state index contributed by atoms with van der Waals surface area (Å²) in [5, 5.41) is 7.42. The van der Waals surface area contributed by atoms with Crippen LogP contribution in [0.4, 0.5) is 17.1 Å². The monoisotopic (exact) mass is 599 g/mol. The molecular weight excluding hydrogens is 567 g/mol. The maximum atomic E-state index is 4.08. The van der Waals surface area contributed by atoms with Crippen molar-refractivity contribution in [3.63, 3.8) is 0 Å². The molecule has 8 aromatic rings. The average Bonchev–Trinajstić information content (AvgIpc) is 3.15. The average molecular weight is 600 g/mol. The molecule has 1 nitrogen and oxygen atoms in total. The zero-order valence-electron chi connectivity index (χ0n) is 26.1. The van der Waals surface area contributed by atoms with Gasteiger partial charge in [0.15, 0.2) is 0 Å². The highest BCUT2D eigenvalue weighted by Gasteiger charge is 2.15. The standard InChI is InChI=1S/C46H33N/c1-3-32-14-16-39-31-42(27-29-45(39)43(32)4-2)47(40-23-18-34(19-24-40)33-10-6-5-7-11-33)41-25-20-35(21-26-41)37-22-28-46-38(30-37)17-15-36-12-8-9-13-44(36)46/h3-31H,1-2H2. The molecule has 0 amide bonds. The zero-order chi connectivity index (χ0) is 31.7. The van der Waals surface area contributed by atoms with Crippen LogP contribution >= 0.6 is 0 Å². The van der Waals surface area contributed by atoms with Crippen LogP contribution < -0.4 is 4.90 Å². The van der Waals surface area contributed by atoms with Gasteiger partial charge in [0.05, 0.1) is 0 Å². The van der Waals surface area contributed by atoms with Crippen molar-refractivity contribution in [1.29, 1.82) is 0 Å². The highest BCUT2D eigenvalue weighted by molar-refractivity contribution is 6.08. The van der Waals surface area contributed by atoms with E-state index in [0.717, 1.165) is 33.6 Å². The third kappa shape index (κ3) is 5.18. The first-order chi connectivity index (χ1) is 23.2. The molecule has 1 heteroatoms. The Morgan fingerprint density at radius 2 is 0.894 bits per heavy atom. The van der Waals surface area contributed by atoms with Crippen LogP contribution in [-0.4, -0.2) is 0 Å². The molecule has 47 heavy (non-hydrogen) atoms. The van der Waals surface area contributed by atoms with Crippen LogP contribution in [-0.2, 0) is 0 Å². The van der Waals surface area contributed by atoms with Gasteiger partial charge in [-0.2, -0.15) is 0 Å². The number of benzene rings is 8. The van der Waals surface area contributed by atoms with Crippen LogP contribution in [0.3, 0.4) is 0 Å². The second-order valence-corrected chi connectivity index (χ2v) is 11.9. The summed E-state index contributed by atoms with van der Waals surface area (Å²) in [6.07, 6.45) is 3.82. The summed E-state index contributed by atoms with van der Waals surface area (Å²) in [7, 11) is 0. The summed E-state index contributed by atoms with van der Waals surface area (Å²) < 4.78 is 0. The predicted molar refractivity (Wildman–Crippen MR) is 205 cm³/mol. The third-order valence-corrected chi connectivity index (χ3v) is 9.20. The lowest BCUT2D eigenvalue weighted by Gasteiger charge is -2.26. The molecule has 0 saturated heterocycles. The molecule has 0 bridgehead atoms. The Balaban J connectivity index is 1.21. The van der Waals surface area contributed by atoms with Crippen molar-refractivity contribution < 1.29 is 0 Å². The lowest BCUT2D eigenvalue weighted by atomic mass is 9.97. The molecule has 0 unspecified atom stereocenters. The van der Waals surface area contributed by atoms with Crippen LogP contribution in [0.1, 0.15) is 11.1 Å². The van der Waals surface area contributed by atoms with Gasteiger partial charge in [-0.05, 0) is 108 Å². The second kappa shape index (κ2) is 12.0. The van der Waals surface area contributed by atoms with Gasteiger partial charge in [0.1, 0.15) is 0 Å². The number of fused-ring (bicyclic) bond motifs is 4. The van der Waals surface area contributed by atoms with Crippen LogP contribution in [0.15, 0.2) is 177 Å². The molecule has 0 heterocycles. The SMILES string of the molecule is C=Cc1ccc2cc(N(c3ccc(-c4ccccc4)cc3)c3ccc(-c4ccc5c(ccc6ccccc65)c4)cc3)ccc2c1C=C. The Morgan fingerprint density at radius 1 is 0.362 bits per heavy atom. The van der Waals surface area contributed by atoms with Crippen LogP contribution in [0.2, 0.25) is 0 Å². The van der Waals surface area contributed by atoms with Crippen molar-refractivity contribution in [2.75, 3.05) is 4.90 Å². The highest BCUT2D eigenvalue weighted by Crippen LogP contribution is 2.39. The molecule has 0 N–H and O–H groups in total. The van der Waals surface area contributed by atoms with Crippen molar-refractivity contribution in [2.24, 2.45) is 0 Å². The van der Waals surface area contributed by atoms with E-state index >= 15 is 0 Å². The van der Waals surface area contributed by atoms with E-state index in [-0.39, 0.29) is 0 Å². The minimum absolute atomic E-state index is 1.09. The van der Waals surface area contributed by atoms with E-state index in [0.29, 0.717) is 0 Å². The summed E-state index contributed by atoms with van der Waals surface area (Å²) in [5.74, 6) is 0.